The zero-order chi connectivity index (χ0) is 8.15. The minimum absolute atomic E-state index is 0. The van der Waals surface area contributed by atoms with Crippen LogP contribution in [0.25, 0.3) is 0 Å². The summed E-state index contributed by atoms with van der Waals surface area (Å²) in [6.45, 7) is 8.73. The van der Waals surface area contributed by atoms with Gasteiger partial charge in [0.05, 0.1) is 8.52 Å². The highest BCUT2D eigenvalue weighted by Crippen LogP contribution is 2.19. The molecule has 0 heterocycles. The van der Waals surface area contributed by atoms with Crippen molar-refractivity contribution in [2.24, 2.45) is 4.52 Å². The van der Waals surface area contributed by atoms with Crippen molar-refractivity contribution in [2.75, 3.05) is 0 Å². The second-order valence-corrected chi connectivity index (χ2v) is 4.34. The van der Waals surface area contributed by atoms with Gasteiger partial charge in [0.25, 0.3) is 0 Å². The van der Waals surface area contributed by atoms with Crippen LogP contribution >= 0.6 is 17.9 Å². The monoisotopic (exact) mass is 196 g/mol. The predicted molar refractivity (Wildman–Crippen MR) is 54.8 cm³/mol. The number of rotatable bonds is 3. The molecule has 0 amide bonds. The molecule has 0 aliphatic heterocycles. The van der Waals surface area contributed by atoms with Crippen molar-refractivity contribution in [3.05, 3.63) is 0 Å². The highest BCUT2D eigenvalue weighted by Gasteiger charge is 2.10. The van der Waals surface area contributed by atoms with E-state index in [0.29, 0.717) is 12.1 Å². The molecule has 0 aliphatic rings. The normalized spacial score (nSPS) is 11.6. The van der Waals surface area contributed by atoms with Crippen molar-refractivity contribution in [3.63, 3.8) is 0 Å². The minimum Gasteiger partial charge on any atom is -0.412 e. The third-order valence-electron chi connectivity index (χ3n) is 1.21. The summed E-state index contributed by atoms with van der Waals surface area (Å²) in [6, 6.07) is 1.15. The molecule has 0 bridgehead atoms. The fourth-order valence-electron chi connectivity index (χ4n) is 0.862. The summed E-state index contributed by atoms with van der Waals surface area (Å²) in [5.74, 6) is 0. The van der Waals surface area contributed by atoms with Crippen LogP contribution in [0.15, 0.2) is 4.52 Å². The van der Waals surface area contributed by atoms with Gasteiger partial charge in [0.1, 0.15) is 0 Å². The van der Waals surface area contributed by atoms with Crippen molar-refractivity contribution in [2.45, 2.75) is 39.8 Å². The molecular formula is C6H18N2OP2. The van der Waals surface area contributed by atoms with Gasteiger partial charge in [0.15, 0.2) is 0 Å². The van der Waals surface area contributed by atoms with Crippen LogP contribution in [-0.2, 0) is 0 Å². The van der Waals surface area contributed by atoms with Crippen molar-refractivity contribution in [3.8, 4) is 0 Å². The van der Waals surface area contributed by atoms with Gasteiger partial charge in [0.2, 0.25) is 0 Å². The number of nitrogens with zero attached hydrogens (tertiary/aromatic N) is 2. The second-order valence-electron chi connectivity index (χ2n) is 2.77. The lowest BCUT2D eigenvalue weighted by atomic mass is 10.3. The van der Waals surface area contributed by atoms with Gasteiger partial charge in [0, 0.05) is 12.1 Å². The summed E-state index contributed by atoms with van der Waals surface area (Å²) < 4.78 is 6.29. The maximum atomic E-state index is 3.99. The molecule has 68 valence electrons. The predicted octanol–water partition coefficient (Wildman–Crippen LogP) is 2.12. The molecule has 1 unspecified atom stereocenters. The Bertz CT molecular complexity index is 109. The summed E-state index contributed by atoms with van der Waals surface area (Å²) in [6.07, 6.45) is 0. The quantitative estimate of drug-likeness (QED) is 0.637. The zero-order valence-corrected chi connectivity index (χ0v) is 9.62. The van der Waals surface area contributed by atoms with E-state index in [1.165, 1.54) is 0 Å². The van der Waals surface area contributed by atoms with Crippen molar-refractivity contribution < 1.29 is 5.48 Å². The van der Waals surface area contributed by atoms with Gasteiger partial charge in [-0.3, -0.25) is 0 Å². The molecule has 0 aromatic heterocycles. The van der Waals surface area contributed by atoms with Gasteiger partial charge < -0.3 is 5.48 Å². The Morgan fingerprint density at radius 1 is 1.18 bits per heavy atom. The lowest BCUT2D eigenvalue weighted by Crippen LogP contribution is -2.27. The summed E-state index contributed by atoms with van der Waals surface area (Å²) in [5, 5.41) is 0. The lowest BCUT2D eigenvalue weighted by molar-refractivity contribution is 0.331. The Labute approximate surface area is 73.1 Å². The van der Waals surface area contributed by atoms with E-state index in [9.17, 15) is 0 Å². The molecule has 0 aliphatic carbocycles. The van der Waals surface area contributed by atoms with E-state index in [-0.39, 0.29) is 5.48 Å². The molecule has 0 saturated carbocycles. The van der Waals surface area contributed by atoms with E-state index in [2.05, 4.69) is 46.3 Å². The molecule has 0 rings (SSSR count). The van der Waals surface area contributed by atoms with Crippen LogP contribution < -0.4 is 0 Å². The fourth-order valence-corrected chi connectivity index (χ4v) is 1.75. The lowest BCUT2D eigenvalue weighted by Gasteiger charge is -2.23. The SMILES string of the molecule is CC(C)N(P=NP)C(C)C.O. The smallest absolute Gasteiger partial charge is 0.0973 e. The van der Waals surface area contributed by atoms with E-state index in [4.69, 9.17) is 0 Å². The topological polar surface area (TPSA) is 47.1 Å². The van der Waals surface area contributed by atoms with Gasteiger partial charge in [-0.15, -0.1) is 0 Å². The largest absolute Gasteiger partial charge is 0.412 e. The molecule has 3 nitrogen and oxygen atoms in total. The van der Waals surface area contributed by atoms with Crippen molar-refractivity contribution in [1.82, 2.24) is 4.67 Å². The average molecular weight is 196 g/mol. The average Bonchev–Trinajstić information content (AvgIpc) is 1.81. The van der Waals surface area contributed by atoms with Gasteiger partial charge in [-0.1, -0.05) is 0 Å². The second kappa shape index (κ2) is 7.12. The van der Waals surface area contributed by atoms with Gasteiger partial charge >= 0.3 is 0 Å². The molecule has 1 atom stereocenters. The summed E-state index contributed by atoms with van der Waals surface area (Å²) in [4.78, 5) is 0. The molecule has 2 N–H and O–H groups in total. The first-order chi connectivity index (χ1) is 4.59. The zero-order valence-electron chi connectivity index (χ0n) is 7.57. The molecular weight excluding hydrogens is 178 g/mol. The van der Waals surface area contributed by atoms with Crippen LogP contribution in [-0.4, -0.2) is 22.2 Å². The fraction of sp³-hybridized carbons (Fsp3) is 1.00. The van der Waals surface area contributed by atoms with Crippen LogP contribution in [0.4, 0.5) is 0 Å². The van der Waals surface area contributed by atoms with Gasteiger partial charge in [-0.25, -0.2) is 9.19 Å². The molecule has 0 aromatic carbocycles. The Balaban J connectivity index is 0. The highest BCUT2D eigenvalue weighted by atomic mass is 31.1. The first-order valence-electron chi connectivity index (χ1n) is 3.48. The Morgan fingerprint density at radius 3 is 1.64 bits per heavy atom. The van der Waals surface area contributed by atoms with E-state index in [0.717, 1.165) is 8.52 Å². The maximum absolute atomic E-state index is 3.99. The van der Waals surface area contributed by atoms with E-state index < -0.39 is 0 Å². The van der Waals surface area contributed by atoms with E-state index in [1.807, 2.05) is 0 Å². The van der Waals surface area contributed by atoms with Crippen molar-refractivity contribution in [1.29, 1.82) is 0 Å². The summed E-state index contributed by atoms with van der Waals surface area (Å²) in [5.41, 5.74) is 0. The molecule has 0 spiro atoms. The summed E-state index contributed by atoms with van der Waals surface area (Å²) >= 11 is 0. The van der Waals surface area contributed by atoms with Gasteiger partial charge in [-0.2, -0.15) is 0 Å². The van der Waals surface area contributed by atoms with Crippen molar-refractivity contribution >= 4 is 17.9 Å². The first kappa shape index (κ1) is 14.0. The van der Waals surface area contributed by atoms with Crippen LogP contribution in [0.3, 0.4) is 0 Å². The molecule has 0 fully saturated rings. The summed E-state index contributed by atoms with van der Waals surface area (Å²) in [7, 11) is 3.44. The first-order valence-corrected chi connectivity index (χ1v) is 4.80. The molecule has 11 heavy (non-hydrogen) atoms. The van der Waals surface area contributed by atoms with Crippen LogP contribution in [0.5, 0.6) is 0 Å². The number of hydrogen-bond acceptors (Lipinski definition) is 1. The van der Waals surface area contributed by atoms with E-state index >= 15 is 0 Å². The Hall–Kier alpha value is 0.450. The van der Waals surface area contributed by atoms with Gasteiger partial charge in [-0.05, 0) is 37.1 Å². The Kier molecular flexibility index (Phi) is 9.06. The highest BCUT2D eigenvalue weighted by molar-refractivity contribution is 7.33. The van der Waals surface area contributed by atoms with E-state index in [1.54, 1.807) is 0 Å². The van der Waals surface area contributed by atoms with Crippen LogP contribution in [0, 0.1) is 0 Å². The third-order valence-corrected chi connectivity index (χ3v) is 2.76. The third kappa shape index (κ3) is 5.69. The minimum atomic E-state index is 0. The maximum Gasteiger partial charge on any atom is 0.0973 e. The number of hydrogen-bond donors (Lipinski definition) is 0. The molecule has 5 heteroatoms. The molecule has 0 aromatic rings. The Morgan fingerprint density at radius 2 is 1.55 bits per heavy atom. The standard InChI is InChI=1S/C6H16N2P2.H2O/c1-5(2)8(6(3)4)10-7-9;/h5-6H,9H2,1-4H3;1H2. The molecule has 0 radical (unpaired) electrons. The molecule has 0 saturated heterocycles. The van der Waals surface area contributed by atoms with Crippen LogP contribution in [0.1, 0.15) is 27.7 Å². The van der Waals surface area contributed by atoms with Crippen LogP contribution in [0.2, 0.25) is 0 Å².